The Morgan fingerprint density at radius 3 is 2.10 bits per heavy atom. The summed E-state index contributed by atoms with van der Waals surface area (Å²) in [5.41, 5.74) is 1.64. The van der Waals surface area contributed by atoms with Gasteiger partial charge in [0.1, 0.15) is 16.8 Å². The molecule has 0 bridgehead atoms. The first-order valence-corrected chi connectivity index (χ1v) is 9.43. The lowest BCUT2D eigenvalue weighted by Gasteiger charge is -2.10. The van der Waals surface area contributed by atoms with E-state index in [2.05, 4.69) is 4.98 Å². The molecule has 7 nitrogen and oxygen atoms in total. The molecular formula is C24H18N2O5. The summed E-state index contributed by atoms with van der Waals surface area (Å²) in [6.07, 6.45) is 1.62. The van der Waals surface area contributed by atoms with Crippen molar-refractivity contribution >= 4 is 23.2 Å². The van der Waals surface area contributed by atoms with Crippen LogP contribution in [0.15, 0.2) is 72.9 Å². The van der Waals surface area contributed by atoms with Crippen LogP contribution in [0.25, 0.3) is 16.9 Å². The Bertz CT molecular complexity index is 1290. The Morgan fingerprint density at radius 1 is 0.774 bits per heavy atom. The summed E-state index contributed by atoms with van der Waals surface area (Å²) in [7, 11) is 2.41. The molecule has 0 atom stereocenters. The van der Waals surface area contributed by atoms with Gasteiger partial charge in [0.25, 0.3) is 0 Å². The predicted molar refractivity (Wildman–Crippen MR) is 113 cm³/mol. The van der Waals surface area contributed by atoms with Crippen molar-refractivity contribution in [2.75, 3.05) is 14.2 Å². The quantitative estimate of drug-likeness (QED) is 0.365. The topological polar surface area (TPSA) is 87.0 Å². The molecule has 0 aliphatic heterocycles. The zero-order chi connectivity index (χ0) is 22.0. The lowest BCUT2D eigenvalue weighted by Crippen LogP contribution is -2.15. The van der Waals surface area contributed by atoms with Crippen molar-refractivity contribution in [2.45, 2.75) is 0 Å². The lowest BCUT2D eigenvalue weighted by molar-refractivity contribution is 0.0556. The van der Waals surface area contributed by atoms with Crippen LogP contribution in [0.5, 0.6) is 0 Å². The van der Waals surface area contributed by atoms with Crippen LogP contribution in [0, 0.1) is 0 Å². The normalized spacial score (nSPS) is 10.6. The van der Waals surface area contributed by atoms with E-state index in [1.54, 1.807) is 71.3 Å². The van der Waals surface area contributed by atoms with E-state index in [9.17, 15) is 14.4 Å². The van der Waals surface area contributed by atoms with Gasteiger partial charge in [0, 0.05) is 11.8 Å². The third-order valence-corrected chi connectivity index (χ3v) is 4.91. The number of benzene rings is 1. The first-order chi connectivity index (χ1) is 15.1. The van der Waals surface area contributed by atoms with Gasteiger partial charge >= 0.3 is 11.9 Å². The van der Waals surface area contributed by atoms with Gasteiger partial charge in [0.15, 0.2) is 0 Å². The Morgan fingerprint density at radius 2 is 1.45 bits per heavy atom. The molecule has 0 N–H and O–H groups in total. The summed E-state index contributed by atoms with van der Waals surface area (Å²) in [5.74, 6) is -1.99. The summed E-state index contributed by atoms with van der Waals surface area (Å²) < 4.78 is 11.4. The molecule has 154 valence electrons. The molecule has 3 aromatic heterocycles. The summed E-state index contributed by atoms with van der Waals surface area (Å²) in [6.45, 7) is 0. The maximum Gasteiger partial charge on any atom is 0.341 e. The number of hydrogen-bond donors (Lipinski definition) is 0. The maximum absolute atomic E-state index is 13.6. The highest BCUT2D eigenvalue weighted by Crippen LogP contribution is 2.32. The number of nitrogens with zero attached hydrogens (tertiary/aromatic N) is 2. The average molecular weight is 414 g/mol. The average Bonchev–Trinajstić information content (AvgIpc) is 3.19. The van der Waals surface area contributed by atoms with Gasteiger partial charge in [0.2, 0.25) is 5.78 Å². The summed E-state index contributed by atoms with van der Waals surface area (Å²) in [6, 6.07) is 19.0. The van der Waals surface area contributed by atoms with E-state index in [-0.39, 0.29) is 16.8 Å². The molecule has 31 heavy (non-hydrogen) atoms. The number of ketones is 1. The fourth-order valence-corrected chi connectivity index (χ4v) is 3.57. The minimum absolute atomic E-state index is 0.00898. The van der Waals surface area contributed by atoms with Gasteiger partial charge in [-0.15, -0.1) is 0 Å². The van der Waals surface area contributed by atoms with Crippen molar-refractivity contribution in [3.8, 4) is 11.4 Å². The molecular weight excluding hydrogens is 396 g/mol. The Kier molecular flexibility index (Phi) is 5.32. The zero-order valence-electron chi connectivity index (χ0n) is 16.9. The molecule has 3 heterocycles. The van der Waals surface area contributed by atoms with Crippen molar-refractivity contribution in [1.29, 1.82) is 0 Å². The highest BCUT2D eigenvalue weighted by molar-refractivity contribution is 6.20. The number of hydrogen-bond acceptors (Lipinski definition) is 6. The molecule has 0 radical (unpaired) electrons. The van der Waals surface area contributed by atoms with Crippen LogP contribution >= 0.6 is 0 Å². The third kappa shape index (κ3) is 3.36. The van der Waals surface area contributed by atoms with Crippen LogP contribution in [0.3, 0.4) is 0 Å². The highest BCUT2D eigenvalue weighted by atomic mass is 16.5. The van der Waals surface area contributed by atoms with Crippen molar-refractivity contribution in [1.82, 2.24) is 9.38 Å². The molecule has 0 spiro atoms. The van der Waals surface area contributed by atoms with Gasteiger partial charge in [-0.25, -0.2) is 9.59 Å². The number of rotatable bonds is 5. The summed E-state index contributed by atoms with van der Waals surface area (Å²) in [5, 5.41) is 0. The number of esters is 2. The van der Waals surface area contributed by atoms with E-state index in [0.29, 0.717) is 22.5 Å². The molecule has 0 unspecified atom stereocenters. The van der Waals surface area contributed by atoms with E-state index in [0.717, 1.165) is 0 Å². The van der Waals surface area contributed by atoms with E-state index >= 15 is 0 Å². The molecule has 4 rings (SSSR count). The molecule has 0 saturated carbocycles. The Hall–Kier alpha value is -4.26. The van der Waals surface area contributed by atoms with Gasteiger partial charge in [-0.05, 0) is 24.3 Å². The number of methoxy groups -OCH3 is 2. The van der Waals surface area contributed by atoms with E-state index < -0.39 is 17.7 Å². The van der Waals surface area contributed by atoms with Crippen LogP contribution in [0.2, 0.25) is 0 Å². The number of fused-ring (bicyclic) bond motifs is 1. The zero-order valence-corrected chi connectivity index (χ0v) is 16.9. The first kappa shape index (κ1) is 20.0. The second-order valence-corrected chi connectivity index (χ2v) is 6.62. The van der Waals surface area contributed by atoms with Crippen LogP contribution in [0.1, 0.15) is 36.8 Å². The van der Waals surface area contributed by atoms with Crippen molar-refractivity contribution in [3.63, 3.8) is 0 Å². The van der Waals surface area contributed by atoms with Gasteiger partial charge in [0.05, 0.1) is 31.1 Å². The number of ether oxygens (including phenoxy) is 2. The van der Waals surface area contributed by atoms with Crippen LogP contribution in [0.4, 0.5) is 0 Å². The summed E-state index contributed by atoms with van der Waals surface area (Å²) in [4.78, 5) is 43.5. The lowest BCUT2D eigenvalue weighted by atomic mass is 10.0. The molecule has 0 aliphatic carbocycles. The van der Waals surface area contributed by atoms with Gasteiger partial charge in [-0.2, -0.15) is 0 Å². The molecule has 0 fully saturated rings. The standard InChI is InChI=1S/C24H18N2O5/c1-30-23(28)19-18-13-8-12-17(16-11-6-7-14-25-16)26(18)21(20(19)24(29)31-2)22(27)15-9-4-3-5-10-15/h3-14H,1-2H3. The van der Waals surface area contributed by atoms with Crippen LogP contribution in [-0.4, -0.2) is 41.3 Å². The van der Waals surface area contributed by atoms with Crippen molar-refractivity contribution in [2.24, 2.45) is 0 Å². The molecule has 0 aliphatic rings. The number of carbonyl (C=O) groups excluding carboxylic acids is 3. The monoisotopic (exact) mass is 414 g/mol. The van der Waals surface area contributed by atoms with Gasteiger partial charge < -0.3 is 13.9 Å². The fourth-order valence-electron chi connectivity index (χ4n) is 3.57. The Labute approximate surface area is 177 Å². The summed E-state index contributed by atoms with van der Waals surface area (Å²) >= 11 is 0. The van der Waals surface area contributed by atoms with E-state index in [1.807, 2.05) is 6.07 Å². The van der Waals surface area contributed by atoms with Gasteiger partial charge in [-0.3, -0.25) is 9.78 Å². The van der Waals surface area contributed by atoms with Crippen LogP contribution < -0.4 is 0 Å². The van der Waals surface area contributed by atoms with Crippen LogP contribution in [-0.2, 0) is 9.47 Å². The van der Waals surface area contributed by atoms with Crippen molar-refractivity contribution in [3.05, 3.63) is 95.3 Å². The largest absolute Gasteiger partial charge is 0.465 e. The second-order valence-electron chi connectivity index (χ2n) is 6.62. The van der Waals surface area contributed by atoms with Gasteiger partial charge in [-0.1, -0.05) is 42.5 Å². The first-order valence-electron chi connectivity index (χ1n) is 9.43. The minimum atomic E-state index is -0.810. The van der Waals surface area contributed by atoms with E-state index in [4.69, 9.17) is 9.47 Å². The molecule has 1 aromatic carbocycles. The maximum atomic E-state index is 13.6. The predicted octanol–water partition coefficient (Wildman–Crippen LogP) is 3.81. The highest BCUT2D eigenvalue weighted by Gasteiger charge is 2.34. The Balaban J connectivity index is 2.18. The second kappa shape index (κ2) is 8.23. The minimum Gasteiger partial charge on any atom is -0.465 e. The molecule has 4 aromatic rings. The molecule has 0 amide bonds. The van der Waals surface area contributed by atoms with E-state index in [1.165, 1.54) is 14.2 Å². The SMILES string of the molecule is COC(=O)c1c(C(=O)OC)c2cccc(-c3ccccn3)n2c1C(=O)c1ccccc1. The smallest absolute Gasteiger partial charge is 0.341 e. The molecule has 0 saturated heterocycles. The molecule has 7 heteroatoms. The number of pyridine rings is 2. The fraction of sp³-hybridized carbons (Fsp3) is 0.0833. The number of aromatic nitrogens is 2. The number of carbonyl (C=O) groups is 3. The third-order valence-electron chi connectivity index (χ3n) is 4.91. The van der Waals surface area contributed by atoms with Crippen molar-refractivity contribution < 1.29 is 23.9 Å².